The van der Waals surface area contributed by atoms with Gasteiger partial charge in [0.15, 0.2) is 5.76 Å². The number of hydrogen-bond donors (Lipinski definition) is 2. The molecule has 0 aliphatic carbocycles. The normalized spacial score (nSPS) is 15.9. The maximum Gasteiger partial charge on any atom is 0.291 e. The third kappa shape index (κ3) is 4.33. The highest BCUT2D eigenvalue weighted by Gasteiger charge is 2.25. The Kier molecular flexibility index (Phi) is 5.25. The molecular formula is C18H21N4O3+. The minimum absolute atomic E-state index is 0.160. The van der Waals surface area contributed by atoms with Gasteiger partial charge in [-0.3, -0.25) is 14.6 Å². The molecule has 3 heterocycles. The van der Waals surface area contributed by atoms with Crippen molar-refractivity contribution in [2.24, 2.45) is 0 Å². The average Bonchev–Trinajstić information content (AvgIpc) is 3.17. The molecule has 3 rings (SSSR count). The topological polar surface area (TPSA) is 79.9 Å². The number of furan rings is 1. The summed E-state index contributed by atoms with van der Waals surface area (Å²) in [5.41, 5.74) is 0.958. The monoisotopic (exact) mass is 341 g/mol. The second kappa shape index (κ2) is 7.76. The number of likely N-dealkylation sites (N-methyl/N-ethyl adjacent to an activating group) is 1. The first-order valence-corrected chi connectivity index (χ1v) is 8.20. The summed E-state index contributed by atoms with van der Waals surface area (Å²) in [6.07, 6.45) is 6.36. The first kappa shape index (κ1) is 16.9. The van der Waals surface area contributed by atoms with Crippen molar-refractivity contribution in [3.8, 4) is 0 Å². The Morgan fingerprint density at radius 2 is 2.08 bits per heavy atom. The summed E-state index contributed by atoms with van der Waals surface area (Å²) in [6, 6.07) is 6.79. The van der Waals surface area contributed by atoms with Crippen molar-refractivity contribution in [3.05, 3.63) is 59.9 Å². The second-order valence-electron chi connectivity index (χ2n) is 6.03. The van der Waals surface area contributed by atoms with Gasteiger partial charge in [-0.2, -0.15) is 0 Å². The molecule has 2 aromatic heterocycles. The minimum Gasteiger partial charge on any atom is -0.459 e. The van der Waals surface area contributed by atoms with Crippen LogP contribution in [-0.2, 0) is 4.79 Å². The van der Waals surface area contributed by atoms with E-state index in [1.54, 1.807) is 41.6 Å². The summed E-state index contributed by atoms with van der Waals surface area (Å²) < 4.78 is 5.11. The van der Waals surface area contributed by atoms with E-state index in [1.165, 1.54) is 11.2 Å². The van der Waals surface area contributed by atoms with Gasteiger partial charge >= 0.3 is 0 Å². The van der Waals surface area contributed by atoms with Gasteiger partial charge in [0.05, 0.1) is 39.5 Å². The Hall–Kier alpha value is -2.93. The molecule has 2 aromatic rings. The molecule has 1 aliphatic heterocycles. The molecule has 0 saturated carbocycles. The molecule has 2 amide bonds. The molecule has 0 unspecified atom stereocenters. The molecule has 1 fully saturated rings. The van der Waals surface area contributed by atoms with Gasteiger partial charge in [0.1, 0.15) is 5.70 Å². The van der Waals surface area contributed by atoms with E-state index in [0.29, 0.717) is 13.1 Å². The standard InChI is InChI=1S/C18H20N4O3/c1-21-7-9-22(10-8-21)18(24)15(12-14-4-2-6-19-13-14)20-17(23)16-5-3-11-25-16/h2-6,11-13H,7-10H2,1H3,(H,20,23)/p+1. The van der Waals surface area contributed by atoms with Crippen molar-refractivity contribution in [2.45, 2.75) is 0 Å². The molecule has 0 aromatic carbocycles. The highest BCUT2D eigenvalue weighted by Crippen LogP contribution is 2.09. The highest BCUT2D eigenvalue weighted by atomic mass is 16.3. The summed E-state index contributed by atoms with van der Waals surface area (Å²) >= 11 is 0. The van der Waals surface area contributed by atoms with E-state index in [-0.39, 0.29) is 17.4 Å². The van der Waals surface area contributed by atoms with Crippen LogP contribution in [0.25, 0.3) is 6.08 Å². The molecule has 130 valence electrons. The van der Waals surface area contributed by atoms with E-state index in [4.69, 9.17) is 4.42 Å². The number of nitrogens with zero attached hydrogens (tertiary/aromatic N) is 2. The van der Waals surface area contributed by atoms with Crippen LogP contribution in [0.1, 0.15) is 16.1 Å². The van der Waals surface area contributed by atoms with Gasteiger partial charge in [-0.15, -0.1) is 0 Å². The molecule has 0 atom stereocenters. The lowest BCUT2D eigenvalue weighted by molar-refractivity contribution is -0.883. The van der Waals surface area contributed by atoms with E-state index in [0.717, 1.165) is 18.7 Å². The Labute approximate surface area is 145 Å². The molecule has 1 aliphatic rings. The molecule has 1 saturated heterocycles. The van der Waals surface area contributed by atoms with Crippen LogP contribution in [-0.4, -0.2) is 54.9 Å². The van der Waals surface area contributed by atoms with Gasteiger partial charge in [-0.05, 0) is 29.8 Å². The summed E-state index contributed by atoms with van der Waals surface area (Å²) in [7, 11) is 2.10. The Morgan fingerprint density at radius 3 is 2.72 bits per heavy atom. The van der Waals surface area contributed by atoms with E-state index in [9.17, 15) is 9.59 Å². The van der Waals surface area contributed by atoms with Crippen LogP contribution < -0.4 is 10.2 Å². The largest absolute Gasteiger partial charge is 0.459 e. The lowest BCUT2D eigenvalue weighted by Gasteiger charge is -2.30. The number of nitrogens with one attached hydrogen (secondary N) is 2. The zero-order chi connectivity index (χ0) is 17.6. The summed E-state index contributed by atoms with van der Waals surface area (Å²) in [6.45, 7) is 3.09. The number of aromatic nitrogens is 1. The number of carbonyl (C=O) groups is 2. The van der Waals surface area contributed by atoms with Crippen LogP contribution in [0.3, 0.4) is 0 Å². The van der Waals surface area contributed by atoms with Crippen LogP contribution in [0.5, 0.6) is 0 Å². The van der Waals surface area contributed by atoms with Crippen molar-refractivity contribution in [3.63, 3.8) is 0 Å². The zero-order valence-corrected chi connectivity index (χ0v) is 14.1. The van der Waals surface area contributed by atoms with E-state index in [1.807, 2.05) is 6.07 Å². The predicted molar refractivity (Wildman–Crippen MR) is 91.6 cm³/mol. The molecule has 0 radical (unpaired) electrons. The number of piperazine rings is 1. The third-order valence-electron chi connectivity index (χ3n) is 4.12. The van der Waals surface area contributed by atoms with Crippen LogP contribution in [0.4, 0.5) is 0 Å². The van der Waals surface area contributed by atoms with Crippen LogP contribution in [0, 0.1) is 0 Å². The lowest BCUT2D eigenvalue weighted by Crippen LogP contribution is -3.12. The summed E-state index contributed by atoms with van der Waals surface area (Å²) in [5, 5.41) is 2.68. The first-order chi connectivity index (χ1) is 12.1. The molecule has 2 N–H and O–H groups in total. The number of pyridine rings is 1. The van der Waals surface area contributed by atoms with Crippen molar-refractivity contribution < 1.29 is 18.9 Å². The van der Waals surface area contributed by atoms with Gasteiger partial charge in [0.25, 0.3) is 11.8 Å². The van der Waals surface area contributed by atoms with Crippen molar-refractivity contribution >= 4 is 17.9 Å². The molecule has 0 spiro atoms. The minimum atomic E-state index is -0.451. The van der Waals surface area contributed by atoms with E-state index in [2.05, 4.69) is 17.3 Å². The number of quaternary nitrogens is 1. The Bertz CT molecular complexity index is 748. The Morgan fingerprint density at radius 1 is 1.28 bits per heavy atom. The smallest absolute Gasteiger partial charge is 0.291 e. The van der Waals surface area contributed by atoms with E-state index < -0.39 is 5.91 Å². The number of rotatable bonds is 4. The van der Waals surface area contributed by atoms with Gasteiger partial charge < -0.3 is 19.5 Å². The number of hydrogen-bond acceptors (Lipinski definition) is 4. The van der Waals surface area contributed by atoms with E-state index >= 15 is 0 Å². The predicted octanol–water partition coefficient (Wildman–Crippen LogP) is -0.198. The highest BCUT2D eigenvalue weighted by molar-refractivity contribution is 6.04. The van der Waals surface area contributed by atoms with Crippen LogP contribution >= 0.6 is 0 Å². The second-order valence-corrected chi connectivity index (χ2v) is 6.03. The average molecular weight is 341 g/mol. The van der Waals surface area contributed by atoms with Gasteiger partial charge in [0.2, 0.25) is 0 Å². The van der Waals surface area contributed by atoms with Crippen molar-refractivity contribution in [1.82, 2.24) is 15.2 Å². The molecule has 25 heavy (non-hydrogen) atoms. The summed E-state index contributed by atoms with van der Waals surface area (Å²) in [4.78, 5) is 32.4. The molecule has 7 heteroatoms. The first-order valence-electron chi connectivity index (χ1n) is 8.20. The Balaban J connectivity index is 1.82. The number of carbonyl (C=O) groups excluding carboxylic acids is 2. The van der Waals surface area contributed by atoms with Crippen molar-refractivity contribution in [2.75, 3.05) is 33.2 Å². The molecule has 7 nitrogen and oxygen atoms in total. The third-order valence-corrected chi connectivity index (χ3v) is 4.12. The maximum atomic E-state index is 12.9. The van der Waals surface area contributed by atoms with Crippen molar-refractivity contribution in [1.29, 1.82) is 0 Å². The fourth-order valence-corrected chi connectivity index (χ4v) is 2.63. The van der Waals surface area contributed by atoms with Gasteiger partial charge in [0, 0.05) is 12.4 Å². The fraction of sp³-hybridized carbons (Fsp3) is 0.278. The van der Waals surface area contributed by atoms with Crippen LogP contribution in [0.2, 0.25) is 0 Å². The van der Waals surface area contributed by atoms with Crippen LogP contribution in [0.15, 0.2) is 53.0 Å². The zero-order valence-electron chi connectivity index (χ0n) is 14.1. The SMILES string of the molecule is C[NH+]1CCN(C(=O)C(=Cc2cccnc2)NC(=O)c2ccco2)CC1. The maximum absolute atomic E-state index is 12.9. The van der Waals surface area contributed by atoms with Gasteiger partial charge in [-0.25, -0.2) is 0 Å². The quantitative estimate of drug-likeness (QED) is 0.755. The lowest BCUT2D eigenvalue weighted by atomic mass is 10.2. The summed E-state index contributed by atoms with van der Waals surface area (Å²) in [5.74, 6) is -0.489. The van der Waals surface area contributed by atoms with Gasteiger partial charge in [-0.1, -0.05) is 6.07 Å². The molecular weight excluding hydrogens is 320 g/mol. The number of amides is 2. The fourth-order valence-electron chi connectivity index (χ4n) is 2.63. The molecule has 0 bridgehead atoms.